The molecule has 25 heteroatoms. The van der Waals surface area contributed by atoms with Gasteiger partial charge in [0.1, 0.15) is 34.9 Å². The van der Waals surface area contributed by atoms with Gasteiger partial charge in [-0.3, -0.25) is 28.8 Å². The van der Waals surface area contributed by atoms with Gasteiger partial charge in [0.2, 0.25) is 35.4 Å². The van der Waals surface area contributed by atoms with Crippen LogP contribution in [0.15, 0.2) is 164 Å². The molecule has 560 valence electrons. The van der Waals surface area contributed by atoms with Crippen molar-refractivity contribution in [2.75, 3.05) is 40.5 Å². The number of aromatic nitrogens is 3. The number of H-pyrrole nitrogens is 3. The molecule has 3 aromatic heterocycles. The molecule has 0 unspecified atom stereocenters. The first-order valence-electron chi connectivity index (χ1n) is 36.0. The number of hydrogen-bond acceptors (Lipinski definition) is 16. The number of carbonyl (C=O) groups excluding carboxylic acids is 9. The molecule has 9 rings (SSSR count). The van der Waals surface area contributed by atoms with Crippen LogP contribution in [0.5, 0.6) is 0 Å². The summed E-state index contributed by atoms with van der Waals surface area (Å²) < 4.78 is 17.5. The molecule has 6 aromatic carbocycles. The van der Waals surface area contributed by atoms with Gasteiger partial charge in [-0.1, -0.05) is 54.6 Å². The Labute approximate surface area is 617 Å². The fourth-order valence-electron chi connectivity index (χ4n) is 12.5. The zero-order valence-electron chi connectivity index (χ0n) is 61.8. The third-order valence-corrected chi connectivity index (χ3v) is 17.4. The van der Waals surface area contributed by atoms with Gasteiger partial charge in [0.25, 0.3) is 0 Å². The maximum Gasteiger partial charge on any atom is 0.417 e. The molecule has 0 aliphatic carbocycles. The Morgan fingerprint density at radius 2 is 0.604 bits per heavy atom. The average Bonchev–Trinajstić information content (AvgIpc) is 0.939. The zero-order chi connectivity index (χ0) is 76.5. The summed E-state index contributed by atoms with van der Waals surface area (Å²) in [5, 5.41) is 11.2. The molecule has 0 fully saturated rings. The molecular formula is C81H99N13O12. The summed E-state index contributed by atoms with van der Waals surface area (Å²) in [5.41, 5.74) is 21.6. The SMILES string of the molecule is CC(C)(C)OC(=O)N(C(=O)Cc1c[nH]c2ccccc12)[C@@H](CCCCN)C(=O)Nc1ccc(N(c2ccc(NC(=O)[C@H](CCCCN)N(C(=O)Cc3c[nH]c4ccccc34)C(=O)OC(C)(C)C)cc2)c2ccc(NC(=O)[C@H](CCCCN)N(C(=O)Cc3c[nH]c4ccccc34)C(=O)OC(C)(C)C)cc2)cc1. The maximum atomic E-state index is 14.8. The van der Waals surface area contributed by atoms with E-state index in [1.807, 2.05) is 77.7 Å². The number of nitrogens with one attached hydrogen (secondary N) is 6. The van der Waals surface area contributed by atoms with Crippen molar-refractivity contribution in [3.8, 4) is 0 Å². The molecule has 0 saturated heterocycles. The minimum Gasteiger partial charge on any atom is -0.443 e. The number of anilines is 6. The predicted octanol–water partition coefficient (Wildman–Crippen LogP) is 13.9. The number of nitrogens with two attached hydrogens (primary N) is 3. The van der Waals surface area contributed by atoms with E-state index >= 15 is 0 Å². The minimum absolute atomic E-state index is 0.0718. The minimum atomic E-state index is -1.33. The highest BCUT2D eigenvalue weighted by Gasteiger charge is 2.41. The number of para-hydroxylation sites is 3. The molecule has 0 aliphatic rings. The second-order valence-electron chi connectivity index (χ2n) is 29.2. The fraction of sp³-hybridized carbons (Fsp3) is 0.370. The van der Waals surface area contributed by atoms with Crippen LogP contribution in [0.2, 0.25) is 0 Å². The van der Waals surface area contributed by atoms with E-state index < -0.39 is 88.7 Å². The maximum absolute atomic E-state index is 14.8. The van der Waals surface area contributed by atoms with Crippen molar-refractivity contribution in [3.05, 3.63) is 181 Å². The first-order chi connectivity index (χ1) is 50.5. The number of amides is 9. The molecule has 9 amide bonds. The van der Waals surface area contributed by atoms with E-state index in [4.69, 9.17) is 31.4 Å². The van der Waals surface area contributed by atoms with Gasteiger partial charge in [0, 0.05) is 85.4 Å². The van der Waals surface area contributed by atoms with Crippen molar-refractivity contribution in [1.82, 2.24) is 29.7 Å². The average molecular weight is 1450 g/mol. The van der Waals surface area contributed by atoms with E-state index in [-0.39, 0.29) is 38.5 Å². The van der Waals surface area contributed by atoms with Crippen LogP contribution in [0.1, 0.15) is 137 Å². The van der Waals surface area contributed by atoms with E-state index in [1.54, 1.807) is 154 Å². The van der Waals surface area contributed by atoms with Crippen LogP contribution in [0, 0.1) is 0 Å². The largest absolute Gasteiger partial charge is 0.443 e. The van der Waals surface area contributed by atoms with Crippen molar-refractivity contribution < 1.29 is 57.4 Å². The molecule has 3 heterocycles. The number of unbranched alkanes of at least 4 members (excludes halogenated alkanes) is 3. The van der Waals surface area contributed by atoms with Gasteiger partial charge < -0.3 is 67.2 Å². The van der Waals surface area contributed by atoms with Crippen molar-refractivity contribution in [2.45, 2.75) is 174 Å². The van der Waals surface area contributed by atoms with Gasteiger partial charge in [-0.15, -0.1) is 0 Å². The Hall–Kier alpha value is -11.2. The van der Waals surface area contributed by atoms with Crippen molar-refractivity contribution in [2.24, 2.45) is 17.2 Å². The summed E-state index contributed by atoms with van der Waals surface area (Å²) >= 11 is 0. The first-order valence-corrected chi connectivity index (χ1v) is 36.0. The summed E-state index contributed by atoms with van der Waals surface area (Å²) in [6, 6.07) is 38.8. The van der Waals surface area contributed by atoms with E-state index in [0.29, 0.717) is 109 Å². The van der Waals surface area contributed by atoms with Crippen molar-refractivity contribution in [1.29, 1.82) is 0 Å². The van der Waals surface area contributed by atoms with E-state index in [9.17, 15) is 43.2 Å². The molecule has 0 spiro atoms. The number of imide groups is 3. The summed E-state index contributed by atoms with van der Waals surface area (Å²) in [4.78, 5) is 145. The Morgan fingerprint density at radius 1 is 0.358 bits per heavy atom. The Balaban J connectivity index is 1.05. The number of ether oxygens (including phenoxy) is 3. The quantitative estimate of drug-likeness (QED) is 0.0149. The molecule has 25 nitrogen and oxygen atoms in total. The lowest BCUT2D eigenvalue weighted by molar-refractivity contribution is -0.137. The Bertz CT molecular complexity index is 4090. The van der Waals surface area contributed by atoms with E-state index in [0.717, 1.165) is 47.4 Å². The van der Waals surface area contributed by atoms with Gasteiger partial charge in [-0.25, -0.2) is 29.1 Å². The molecule has 3 atom stereocenters. The second-order valence-corrected chi connectivity index (χ2v) is 29.2. The number of hydrogen-bond donors (Lipinski definition) is 9. The number of nitrogens with zero attached hydrogens (tertiary/aromatic N) is 4. The number of rotatable bonds is 30. The standard InChI is InChI=1S/C81H99N13O12/c1-79(2,3)104-76(101)92(70(95)46-52-49-85-64-25-13-10-22-61(52)64)67(28-16-19-43-82)73(98)88-55-31-37-58(38-32-55)91(59-39-33-56(34-40-59)89-74(99)68(29-17-20-44-83)93(77(102)105-80(4,5)6)71(96)47-53-50-86-65-26-14-11-23-62(53)65)60-41-35-57(36-42-60)90-75(100)69(30-18-21-45-84)94(78(103)106-81(7,8)9)72(97)48-54-51-87-66-27-15-12-24-63(54)66/h10-15,22-27,31-42,49-51,67-69,85-87H,16-21,28-30,43-48,82-84H2,1-9H3,(H,88,98)(H,89,99)(H,90,100)/t67-,68-,69-/m0/s1. The van der Waals surface area contributed by atoms with Crippen LogP contribution >= 0.6 is 0 Å². The van der Waals surface area contributed by atoms with Crippen LogP contribution in [0.4, 0.5) is 48.5 Å². The summed E-state index contributed by atoms with van der Waals surface area (Å²) in [6.45, 7) is 16.0. The topological polar surface area (TPSA) is 356 Å². The molecule has 106 heavy (non-hydrogen) atoms. The normalized spacial score (nSPS) is 12.6. The fourth-order valence-corrected chi connectivity index (χ4v) is 12.5. The Kier molecular flexibility index (Phi) is 26.5. The molecule has 12 N–H and O–H groups in total. The molecule has 0 aliphatic heterocycles. The highest BCUT2D eigenvalue weighted by molar-refractivity contribution is 6.07. The lowest BCUT2D eigenvalue weighted by Gasteiger charge is -2.32. The summed E-state index contributed by atoms with van der Waals surface area (Å²) in [6.07, 6.45) is 4.41. The Morgan fingerprint density at radius 3 is 0.840 bits per heavy atom. The van der Waals surface area contributed by atoms with Crippen LogP contribution in [-0.2, 0) is 62.2 Å². The van der Waals surface area contributed by atoms with Crippen LogP contribution in [-0.4, -0.2) is 138 Å². The number of aromatic amines is 3. The number of carbonyl (C=O) groups is 9. The van der Waals surface area contributed by atoms with E-state index in [2.05, 4.69) is 30.9 Å². The highest BCUT2D eigenvalue weighted by atomic mass is 16.6. The third kappa shape index (κ3) is 21.1. The molecule has 0 bridgehead atoms. The van der Waals surface area contributed by atoms with Crippen LogP contribution < -0.4 is 38.1 Å². The second kappa shape index (κ2) is 35.6. The first kappa shape index (κ1) is 79.0. The lowest BCUT2D eigenvalue weighted by Crippen LogP contribution is -2.52. The van der Waals surface area contributed by atoms with Gasteiger partial charge in [-0.05, 0) is 247 Å². The van der Waals surface area contributed by atoms with E-state index in [1.165, 1.54) is 0 Å². The van der Waals surface area contributed by atoms with Gasteiger partial charge in [0.15, 0.2) is 0 Å². The monoisotopic (exact) mass is 1450 g/mol. The van der Waals surface area contributed by atoms with Crippen LogP contribution in [0.3, 0.4) is 0 Å². The molecule has 0 saturated carbocycles. The number of benzene rings is 6. The zero-order valence-corrected chi connectivity index (χ0v) is 61.8. The van der Waals surface area contributed by atoms with Crippen molar-refractivity contribution in [3.63, 3.8) is 0 Å². The molecule has 0 radical (unpaired) electrons. The third-order valence-electron chi connectivity index (χ3n) is 17.4. The highest BCUT2D eigenvalue weighted by Crippen LogP contribution is 2.38. The summed E-state index contributed by atoms with van der Waals surface area (Å²) in [7, 11) is 0. The van der Waals surface area contributed by atoms with Gasteiger partial charge >= 0.3 is 18.3 Å². The molecular weight excluding hydrogens is 1350 g/mol. The van der Waals surface area contributed by atoms with Crippen LogP contribution in [0.25, 0.3) is 32.7 Å². The van der Waals surface area contributed by atoms with Gasteiger partial charge in [-0.2, -0.15) is 0 Å². The van der Waals surface area contributed by atoms with Gasteiger partial charge in [0.05, 0.1) is 19.3 Å². The number of fused-ring (bicyclic) bond motifs is 3. The summed E-state index contributed by atoms with van der Waals surface area (Å²) in [5.74, 6) is -3.91. The van der Waals surface area contributed by atoms with Crippen molar-refractivity contribution >= 4 is 121 Å². The smallest absolute Gasteiger partial charge is 0.417 e. The lowest BCUT2D eigenvalue weighted by atomic mass is 10.0. The predicted molar refractivity (Wildman–Crippen MR) is 412 cm³/mol. The molecule has 9 aromatic rings.